The Hall–Kier alpha value is -1.25. The van der Waals surface area contributed by atoms with Crippen LogP contribution in [0.4, 0.5) is 0 Å². The number of thioether (sulfide) groups is 1. The monoisotopic (exact) mass is 317 g/mol. The van der Waals surface area contributed by atoms with Crippen molar-refractivity contribution in [1.29, 1.82) is 5.26 Å². The van der Waals surface area contributed by atoms with Crippen molar-refractivity contribution in [3.8, 4) is 6.07 Å². The van der Waals surface area contributed by atoms with Gasteiger partial charge in [0.2, 0.25) is 0 Å². The van der Waals surface area contributed by atoms with Gasteiger partial charge >= 0.3 is 0 Å². The zero-order valence-corrected chi connectivity index (χ0v) is 13.8. The number of H-pyrrole nitrogens is 1. The van der Waals surface area contributed by atoms with E-state index in [0.29, 0.717) is 5.56 Å². The van der Waals surface area contributed by atoms with Crippen LogP contribution in [0.1, 0.15) is 37.7 Å². The molecule has 3 rings (SSSR count). The van der Waals surface area contributed by atoms with Crippen LogP contribution >= 0.6 is 24.0 Å². The number of aromatic nitrogens is 2. The minimum Gasteiger partial charge on any atom is -0.329 e. The molecule has 1 saturated carbocycles. The number of benzene rings is 1. The Morgan fingerprint density at radius 3 is 2.81 bits per heavy atom. The molecule has 0 unspecified atom stereocenters. The highest BCUT2D eigenvalue weighted by atomic mass is 32.2. The van der Waals surface area contributed by atoms with Crippen molar-refractivity contribution in [2.75, 3.05) is 6.26 Å². The molecule has 0 radical (unpaired) electrons. The molecule has 1 heterocycles. The molecule has 5 heteroatoms. The molecule has 2 aromatic rings. The summed E-state index contributed by atoms with van der Waals surface area (Å²) in [6, 6.07) is 8.07. The van der Waals surface area contributed by atoms with E-state index in [1.54, 1.807) is 0 Å². The summed E-state index contributed by atoms with van der Waals surface area (Å²) in [7, 11) is 0. The minimum atomic E-state index is 0.286. The smallest absolute Gasteiger partial charge is 0.178 e. The van der Waals surface area contributed by atoms with E-state index >= 15 is 0 Å². The minimum absolute atomic E-state index is 0.286. The molecule has 0 saturated heterocycles. The van der Waals surface area contributed by atoms with E-state index in [2.05, 4.69) is 27.9 Å². The van der Waals surface area contributed by atoms with E-state index in [0.717, 1.165) is 22.3 Å². The third kappa shape index (κ3) is 2.63. The summed E-state index contributed by atoms with van der Waals surface area (Å²) in [6.45, 7) is 0.932. The summed E-state index contributed by atoms with van der Waals surface area (Å²) in [5.74, 6) is 0. The van der Waals surface area contributed by atoms with Crippen LogP contribution in [0.5, 0.6) is 0 Å². The van der Waals surface area contributed by atoms with Crippen LogP contribution < -0.4 is 0 Å². The lowest BCUT2D eigenvalue weighted by Crippen LogP contribution is -2.33. The zero-order valence-electron chi connectivity index (χ0n) is 12.2. The number of hydrogen-bond donors (Lipinski definition) is 1. The zero-order chi connectivity index (χ0) is 14.9. The van der Waals surface area contributed by atoms with Crippen LogP contribution in [0.15, 0.2) is 18.2 Å². The lowest BCUT2D eigenvalue weighted by molar-refractivity contribution is 0.360. The van der Waals surface area contributed by atoms with Gasteiger partial charge in [0.1, 0.15) is 6.07 Å². The molecule has 3 nitrogen and oxygen atoms in total. The summed E-state index contributed by atoms with van der Waals surface area (Å²) in [6.07, 6.45) is 8.67. The number of hydrogen-bond acceptors (Lipinski definition) is 3. The highest BCUT2D eigenvalue weighted by Gasteiger charge is 2.32. The molecule has 0 spiro atoms. The maximum atomic E-state index is 9.24. The lowest BCUT2D eigenvalue weighted by atomic mass is 9.88. The molecule has 1 N–H and O–H groups in total. The lowest BCUT2D eigenvalue weighted by Gasteiger charge is -2.36. The third-order valence-electron chi connectivity index (χ3n) is 4.57. The van der Waals surface area contributed by atoms with Crippen LogP contribution in [-0.4, -0.2) is 20.6 Å². The summed E-state index contributed by atoms with van der Waals surface area (Å²) in [4.78, 5) is 3.22. The molecule has 1 aromatic carbocycles. The maximum Gasteiger partial charge on any atom is 0.178 e. The second kappa shape index (κ2) is 5.86. The van der Waals surface area contributed by atoms with Crippen molar-refractivity contribution < 1.29 is 0 Å². The van der Waals surface area contributed by atoms with Crippen molar-refractivity contribution in [1.82, 2.24) is 9.55 Å². The van der Waals surface area contributed by atoms with Crippen molar-refractivity contribution in [2.45, 2.75) is 43.4 Å². The van der Waals surface area contributed by atoms with Gasteiger partial charge in [0.25, 0.3) is 0 Å². The number of fused-ring (bicyclic) bond motifs is 1. The van der Waals surface area contributed by atoms with Gasteiger partial charge in [0.05, 0.1) is 16.6 Å². The average molecular weight is 317 g/mol. The van der Waals surface area contributed by atoms with Gasteiger partial charge in [-0.25, -0.2) is 0 Å². The van der Waals surface area contributed by atoms with E-state index < -0.39 is 0 Å². The van der Waals surface area contributed by atoms with Crippen LogP contribution in [-0.2, 0) is 6.54 Å². The first-order chi connectivity index (χ1) is 10.2. The largest absolute Gasteiger partial charge is 0.329 e. The predicted molar refractivity (Wildman–Crippen MR) is 91.2 cm³/mol. The first-order valence-electron chi connectivity index (χ1n) is 7.36. The second-order valence-electron chi connectivity index (χ2n) is 5.78. The molecular formula is C16H19N3S2. The van der Waals surface area contributed by atoms with Crippen LogP contribution in [0.2, 0.25) is 0 Å². The highest BCUT2D eigenvalue weighted by Crippen LogP contribution is 2.40. The van der Waals surface area contributed by atoms with E-state index in [1.165, 1.54) is 32.1 Å². The Labute approximate surface area is 134 Å². The third-order valence-corrected chi connectivity index (χ3v) is 6.30. The Morgan fingerprint density at radius 1 is 1.38 bits per heavy atom. The van der Waals surface area contributed by atoms with Gasteiger partial charge in [-0.3, -0.25) is 0 Å². The van der Waals surface area contributed by atoms with Gasteiger partial charge in [-0.2, -0.15) is 17.0 Å². The summed E-state index contributed by atoms with van der Waals surface area (Å²) in [5, 5.41) is 9.24. The fourth-order valence-electron chi connectivity index (χ4n) is 3.34. The van der Waals surface area contributed by atoms with Crippen LogP contribution in [0, 0.1) is 16.1 Å². The van der Waals surface area contributed by atoms with E-state index in [-0.39, 0.29) is 4.75 Å². The summed E-state index contributed by atoms with van der Waals surface area (Å²) in [5.41, 5.74) is 2.59. The fourth-order valence-corrected chi connectivity index (χ4v) is 4.56. The second-order valence-corrected chi connectivity index (χ2v) is 7.44. The van der Waals surface area contributed by atoms with Gasteiger partial charge in [-0.1, -0.05) is 25.3 Å². The first kappa shape index (κ1) is 14.7. The average Bonchev–Trinajstić information content (AvgIpc) is 2.84. The molecule has 110 valence electrons. The molecule has 0 bridgehead atoms. The first-order valence-corrected chi connectivity index (χ1v) is 8.99. The normalized spacial score (nSPS) is 17.7. The van der Waals surface area contributed by atoms with Gasteiger partial charge in [-0.05, 0) is 43.4 Å². The molecular weight excluding hydrogens is 298 g/mol. The Morgan fingerprint density at radius 2 is 2.14 bits per heavy atom. The van der Waals surface area contributed by atoms with Crippen LogP contribution in [0.25, 0.3) is 11.0 Å². The fraction of sp³-hybridized carbons (Fsp3) is 0.500. The summed E-state index contributed by atoms with van der Waals surface area (Å²) >= 11 is 7.49. The number of imidazole rings is 1. The number of nitrogens with zero attached hydrogens (tertiary/aromatic N) is 2. The number of rotatable bonds is 3. The molecule has 1 fully saturated rings. The molecule has 0 amide bonds. The maximum absolute atomic E-state index is 9.24. The number of nitriles is 1. The van der Waals surface area contributed by atoms with E-state index in [4.69, 9.17) is 12.2 Å². The van der Waals surface area contributed by atoms with Crippen molar-refractivity contribution in [3.63, 3.8) is 0 Å². The van der Waals surface area contributed by atoms with Gasteiger partial charge in [0.15, 0.2) is 4.77 Å². The number of para-hydroxylation sites is 1. The van der Waals surface area contributed by atoms with E-state index in [1.807, 2.05) is 23.9 Å². The molecule has 0 aliphatic heterocycles. The molecule has 1 aromatic heterocycles. The topological polar surface area (TPSA) is 44.5 Å². The molecule has 1 aliphatic rings. The number of aromatic amines is 1. The predicted octanol–water partition coefficient (Wildman–Crippen LogP) is 4.64. The molecule has 1 aliphatic carbocycles. The van der Waals surface area contributed by atoms with Crippen LogP contribution in [0.3, 0.4) is 0 Å². The summed E-state index contributed by atoms with van der Waals surface area (Å²) < 4.78 is 3.20. The standard InChI is InChI=1S/C16H19N3S2/c1-21-16(8-3-2-4-9-16)11-19-13-7-5-6-12(10-17)14(13)18-15(19)20/h5-7H,2-4,8-9,11H2,1H3,(H,18,20). The number of nitrogens with one attached hydrogen (secondary N) is 1. The Bertz CT molecular complexity index is 745. The van der Waals surface area contributed by atoms with E-state index in [9.17, 15) is 5.26 Å². The SMILES string of the molecule is CSC1(Cn2c(=S)[nH]c3c(C#N)cccc32)CCCCC1. The Balaban J connectivity index is 2.07. The van der Waals surface area contributed by atoms with Crippen molar-refractivity contribution in [3.05, 3.63) is 28.5 Å². The quantitative estimate of drug-likeness (QED) is 0.839. The van der Waals surface area contributed by atoms with Gasteiger partial charge in [-0.15, -0.1) is 0 Å². The molecule has 21 heavy (non-hydrogen) atoms. The van der Waals surface area contributed by atoms with Crippen molar-refractivity contribution in [2.24, 2.45) is 0 Å². The van der Waals surface area contributed by atoms with Crippen molar-refractivity contribution >= 4 is 35.0 Å². The van der Waals surface area contributed by atoms with Gasteiger partial charge < -0.3 is 9.55 Å². The highest BCUT2D eigenvalue weighted by molar-refractivity contribution is 8.00. The van der Waals surface area contributed by atoms with Gasteiger partial charge in [0, 0.05) is 11.3 Å². The molecule has 0 atom stereocenters. The Kier molecular flexibility index (Phi) is 4.10.